The maximum atomic E-state index is 5.46. The number of aromatic nitrogens is 5. The molecule has 2 aromatic rings. The molecule has 0 bridgehead atoms. The Balaban J connectivity index is 1.62. The van der Waals surface area contributed by atoms with Crippen molar-refractivity contribution >= 4 is 0 Å². The second-order valence-corrected chi connectivity index (χ2v) is 4.62. The van der Waals surface area contributed by atoms with E-state index < -0.39 is 0 Å². The van der Waals surface area contributed by atoms with Crippen LogP contribution in [0.1, 0.15) is 42.6 Å². The molecule has 1 aliphatic rings. The second-order valence-electron chi connectivity index (χ2n) is 4.62. The lowest BCUT2D eigenvalue weighted by Gasteiger charge is -1.93. The van der Waals surface area contributed by atoms with Gasteiger partial charge in [0.2, 0.25) is 5.89 Å². The number of aryl methyl sites for hydroxylation is 1. The van der Waals surface area contributed by atoms with Gasteiger partial charge in [0.25, 0.3) is 0 Å². The first-order chi connectivity index (χ1) is 8.85. The maximum absolute atomic E-state index is 5.46. The predicted molar refractivity (Wildman–Crippen MR) is 62.8 cm³/mol. The van der Waals surface area contributed by atoms with Crippen molar-refractivity contribution < 1.29 is 4.52 Å². The molecule has 0 unspecified atom stereocenters. The lowest BCUT2D eigenvalue weighted by atomic mass is 10.2. The Bertz CT molecular complexity index is 515. The van der Waals surface area contributed by atoms with Crippen LogP contribution in [0.25, 0.3) is 0 Å². The van der Waals surface area contributed by atoms with Crippen molar-refractivity contribution in [2.75, 3.05) is 6.54 Å². The van der Waals surface area contributed by atoms with E-state index >= 15 is 0 Å². The Morgan fingerprint density at radius 2 is 2.33 bits per heavy atom. The van der Waals surface area contributed by atoms with E-state index in [0.717, 1.165) is 24.4 Å². The summed E-state index contributed by atoms with van der Waals surface area (Å²) < 4.78 is 6.91. The minimum atomic E-state index is 0.481. The summed E-state index contributed by atoms with van der Waals surface area (Å²) in [6.07, 6.45) is 6.02. The monoisotopic (exact) mass is 248 g/mol. The molecule has 0 atom stereocenters. The number of hydrogen-bond donors (Lipinski definition) is 1. The molecule has 0 amide bonds. The summed E-state index contributed by atoms with van der Waals surface area (Å²) in [5.74, 6) is 1.93. The minimum Gasteiger partial charge on any atom is -0.337 e. The van der Waals surface area contributed by atoms with Gasteiger partial charge in [-0.3, -0.25) is 0 Å². The molecular weight excluding hydrogens is 232 g/mol. The predicted octanol–water partition coefficient (Wildman–Crippen LogP) is 0.478. The molecule has 7 nitrogen and oxygen atoms in total. The number of nitrogens with zero attached hydrogens (tertiary/aromatic N) is 5. The van der Waals surface area contributed by atoms with Gasteiger partial charge in [0.1, 0.15) is 6.54 Å². The Morgan fingerprint density at radius 3 is 3.11 bits per heavy atom. The van der Waals surface area contributed by atoms with Crippen molar-refractivity contribution in [1.29, 1.82) is 0 Å². The van der Waals surface area contributed by atoms with E-state index in [1.54, 1.807) is 4.68 Å². The molecule has 0 radical (unpaired) electrons. The molecule has 0 spiro atoms. The van der Waals surface area contributed by atoms with Gasteiger partial charge in [0.15, 0.2) is 5.82 Å². The third-order valence-electron chi connectivity index (χ3n) is 2.95. The molecule has 2 heterocycles. The van der Waals surface area contributed by atoms with Crippen molar-refractivity contribution in [3.8, 4) is 0 Å². The molecule has 3 rings (SSSR count). The third-order valence-corrected chi connectivity index (χ3v) is 2.95. The topological polar surface area (TPSA) is 95.7 Å². The van der Waals surface area contributed by atoms with Gasteiger partial charge < -0.3 is 10.3 Å². The van der Waals surface area contributed by atoms with Crippen LogP contribution in [-0.4, -0.2) is 31.7 Å². The number of hydrogen-bond acceptors (Lipinski definition) is 6. The molecule has 1 fully saturated rings. The van der Waals surface area contributed by atoms with Crippen LogP contribution >= 0.6 is 0 Å². The highest BCUT2D eigenvalue weighted by Crippen LogP contribution is 2.38. The summed E-state index contributed by atoms with van der Waals surface area (Å²) in [5, 5.41) is 12.1. The first-order valence-corrected chi connectivity index (χ1v) is 6.26. The summed E-state index contributed by atoms with van der Waals surface area (Å²) in [7, 11) is 0. The zero-order chi connectivity index (χ0) is 12.4. The van der Waals surface area contributed by atoms with E-state index in [-0.39, 0.29) is 0 Å². The van der Waals surface area contributed by atoms with Gasteiger partial charge in [-0.1, -0.05) is 10.4 Å². The molecule has 1 saturated carbocycles. The van der Waals surface area contributed by atoms with Crippen molar-refractivity contribution in [3.05, 3.63) is 23.6 Å². The molecule has 0 aliphatic heterocycles. The summed E-state index contributed by atoms with van der Waals surface area (Å²) in [6.45, 7) is 1.15. The number of rotatable bonds is 6. The van der Waals surface area contributed by atoms with Crippen LogP contribution in [0.3, 0.4) is 0 Å². The summed E-state index contributed by atoms with van der Waals surface area (Å²) in [5.41, 5.74) is 6.40. The molecule has 1 aliphatic carbocycles. The fourth-order valence-corrected chi connectivity index (χ4v) is 1.79. The Morgan fingerprint density at radius 1 is 1.44 bits per heavy atom. The van der Waals surface area contributed by atoms with Crippen LogP contribution < -0.4 is 5.73 Å². The summed E-state index contributed by atoms with van der Waals surface area (Å²) >= 11 is 0. The Hall–Kier alpha value is -1.76. The van der Waals surface area contributed by atoms with Crippen LogP contribution in [0.5, 0.6) is 0 Å². The van der Waals surface area contributed by atoms with Gasteiger partial charge in [0, 0.05) is 12.1 Å². The molecule has 0 saturated heterocycles. The largest absolute Gasteiger partial charge is 0.337 e. The van der Waals surface area contributed by atoms with E-state index in [1.807, 2.05) is 6.20 Å². The first kappa shape index (κ1) is 11.3. The summed E-state index contributed by atoms with van der Waals surface area (Å²) in [4.78, 5) is 4.35. The third kappa shape index (κ3) is 2.56. The van der Waals surface area contributed by atoms with Crippen molar-refractivity contribution in [3.63, 3.8) is 0 Å². The van der Waals surface area contributed by atoms with Crippen molar-refractivity contribution in [2.24, 2.45) is 5.73 Å². The highest BCUT2D eigenvalue weighted by molar-refractivity contribution is 5.03. The van der Waals surface area contributed by atoms with Gasteiger partial charge in [-0.25, -0.2) is 4.68 Å². The normalized spacial score (nSPS) is 15.2. The first-order valence-electron chi connectivity index (χ1n) is 6.26. The molecule has 2 aromatic heterocycles. The fraction of sp³-hybridized carbons (Fsp3) is 0.636. The van der Waals surface area contributed by atoms with Crippen LogP contribution in [0.4, 0.5) is 0 Å². The highest BCUT2D eigenvalue weighted by atomic mass is 16.5. The fourth-order valence-electron chi connectivity index (χ4n) is 1.79. The van der Waals surface area contributed by atoms with Gasteiger partial charge >= 0.3 is 0 Å². The van der Waals surface area contributed by atoms with E-state index in [4.69, 9.17) is 10.3 Å². The second kappa shape index (κ2) is 4.85. The van der Waals surface area contributed by atoms with Gasteiger partial charge in [-0.05, 0) is 32.2 Å². The Kier molecular flexibility index (Phi) is 3.06. The molecule has 2 N–H and O–H groups in total. The Labute approximate surface area is 104 Å². The molecular formula is C11H16N6O. The average molecular weight is 248 g/mol. The summed E-state index contributed by atoms with van der Waals surface area (Å²) in [6, 6.07) is 0. The molecule has 18 heavy (non-hydrogen) atoms. The van der Waals surface area contributed by atoms with Gasteiger partial charge in [-0.15, -0.1) is 5.10 Å². The SMILES string of the molecule is NCCCc1cn(Cc2nc(C3CC3)no2)nn1. The molecule has 96 valence electrons. The van der Waals surface area contributed by atoms with Gasteiger partial charge in [0.05, 0.1) is 5.69 Å². The van der Waals surface area contributed by atoms with Crippen LogP contribution in [0.15, 0.2) is 10.7 Å². The number of nitrogens with two attached hydrogens (primary N) is 1. The molecule has 7 heteroatoms. The van der Waals surface area contributed by atoms with E-state index in [2.05, 4.69) is 20.5 Å². The lowest BCUT2D eigenvalue weighted by molar-refractivity contribution is 0.360. The van der Waals surface area contributed by atoms with Crippen LogP contribution in [-0.2, 0) is 13.0 Å². The quantitative estimate of drug-likeness (QED) is 0.798. The zero-order valence-corrected chi connectivity index (χ0v) is 10.1. The molecule has 0 aromatic carbocycles. The highest BCUT2D eigenvalue weighted by Gasteiger charge is 2.28. The van der Waals surface area contributed by atoms with Crippen molar-refractivity contribution in [1.82, 2.24) is 25.1 Å². The van der Waals surface area contributed by atoms with Crippen molar-refractivity contribution in [2.45, 2.75) is 38.1 Å². The van der Waals surface area contributed by atoms with E-state index in [9.17, 15) is 0 Å². The van der Waals surface area contributed by atoms with E-state index in [1.165, 1.54) is 12.8 Å². The average Bonchev–Trinajstić information content (AvgIpc) is 2.96. The zero-order valence-electron chi connectivity index (χ0n) is 10.1. The minimum absolute atomic E-state index is 0.481. The van der Waals surface area contributed by atoms with E-state index in [0.29, 0.717) is 24.9 Å². The van der Waals surface area contributed by atoms with Gasteiger partial charge in [-0.2, -0.15) is 4.98 Å². The smallest absolute Gasteiger partial charge is 0.248 e. The van der Waals surface area contributed by atoms with Crippen LogP contribution in [0, 0.1) is 0 Å². The standard InChI is InChI=1S/C11H16N6O/c12-5-1-2-9-6-17(16-14-9)7-10-13-11(15-18-10)8-3-4-8/h6,8H,1-5,7,12H2. The van der Waals surface area contributed by atoms with Crippen LogP contribution in [0.2, 0.25) is 0 Å². The maximum Gasteiger partial charge on any atom is 0.248 e. The lowest BCUT2D eigenvalue weighted by Crippen LogP contribution is -2.01.